The van der Waals surface area contributed by atoms with Crippen LogP contribution in [-0.2, 0) is 0 Å². The van der Waals surface area contributed by atoms with Crippen LogP contribution in [0.5, 0.6) is 0 Å². The number of carbonyl (C=O) groups is 2. The molecular formula is C11H11N3O3. The summed E-state index contributed by atoms with van der Waals surface area (Å²) in [7, 11) is 0. The Morgan fingerprint density at radius 3 is 2.76 bits per heavy atom. The number of nitrogens with zero attached hydrogens (tertiary/aromatic N) is 2. The van der Waals surface area contributed by atoms with Gasteiger partial charge in [0.25, 0.3) is 0 Å². The Bertz CT molecular complexity index is 601. The zero-order chi connectivity index (χ0) is 12.6. The molecule has 0 unspecified atom stereocenters. The van der Waals surface area contributed by atoms with Crippen molar-refractivity contribution >= 4 is 23.3 Å². The highest BCUT2D eigenvalue weighted by atomic mass is 16.4. The van der Waals surface area contributed by atoms with Crippen molar-refractivity contribution in [3.8, 4) is 0 Å². The van der Waals surface area contributed by atoms with E-state index in [0.717, 1.165) is 0 Å². The highest BCUT2D eigenvalue weighted by Crippen LogP contribution is 2.25. The molecule has 0 radical (unpaired) electrons. The Hall–Kier alpha value is -2.24. The standard InChI is InChI=1S/C11H11N3O3/c1-5(2)9-8-7(11(16)17)3-6(4-15)12-10(8)14-13-9/h3-5H,1-2H3,(H,16,17)(H,12,13,14). The summed E-state index contributed by atoms with van der Waals surface area (Å²) in [4.78, 5) is 25.8. The van der Waals surface area contributed by atoms with Crippen LogP contribution in [-0.4, -0.2) is 32.5 Å². The fourth-order valence-electron chi connectivity index (χ4n) is 1.72. The van der Waals surface area contributed by atoms with E-state index in [2.05, 4.69) is 15.2 Å². The number of nitrogens with one attached hydrogen (secondary N) is 1. The van der Waals surface area contributed by atoms with Crippen molar-refractivity contribution in [2.45, 2.75) is 19.8 Å². The van der Waals surface area contributed by atoms with Crippen LogP contribution in [0.1, 0.15) is 46.3 Å². The van der Waals surface area contributed by atoms with Gasteiger partial charge >= 0.3 is 5.97 Å². The van der Waals surface area contributed by atoms with E-state index in [4.69, 9.17) is 5.11 Å². The van der Waals surface area contributed by atoms with E-state index < -0.39 is 5.97 Å². The van der Waals surface area contributed by atoms with Gasteiger partial charge in [-0.05, 0) is 12.0 Å². The molecule has 2 N–H and O–H groups in total. The van der Waals surface area contributed by atoms with Crippen LogP contribution in [0.3, 0.4) is 0 Å². The second-order valence-electron chi connectivity index (χ2n) is 4.00. The van der Waals surface area contributed by atoms with Crippen molar-refractivity contribution in [3.05, 3.63) is 23.0 Å². The second kappa shape index (κ2) is 3.97. The third kappa shape index (κ3) is 1.77. The zero-order valence-electron chi connectivity index (χ0n) is 9.39. The molecule has 6 heteroatoms. The lowest BCUT2D eigenvalue weighted by Gasteiger charge is -2.03. The molecule has 2 aromatic rings. The number of rotatable bonds is 3. The number of carboxylic acids is 1. The first-order valence-corrected chi connectivity index (χ1v) is 5.12. The van der Waals surface area contributed by atoms with Gasteiger partial charge in [0, 0.05) is 0 Å². The third-order valence-corrected chi connectivity index (χ3v) is 2.48. The minimum atomic E-state index is -1.09. The Labute approximate surface area is 96.7 Å². The third-order valence-electron chi connectivity index (χ3n) is 2.48. The molecule has 0 aliphatic heterocycles. The molecular weight excluding hydrogens is 222 g/mol. The van der Waals surface area contributed by atoms with Crippen LogP contribution in [0, 0.1) is 0 Å². The van der Waals surface area contributed by atoms with E-state index in [0.29, 0.717) is 23.0 Å². The summed E-state index contributed by atoms with van der Waals surface area (Å²) in [6, 6.07) is 1.26. The summed E-state index contributed by atoms with van der Waals surface area (Å²) in [5, 5.41) is 16.3. The molecule has 0 atom stereocenters. The summed E-state index contributed by atoms with van der Waals surface area (Å²) >= 11 is 0. The number of H-pyrrole nitrogens is 1. The molecule has 0 aromatic carbocycles. The van der Waals surface area contributed by atoms with Gasteiger partial charge in [-0.15, -0.1) is 0 Å². The van der Waals surface area contributed by atoms with Crippen LogP contribution in [0.4, 0.5) is 0 Å². The molecule has 0 aliphatic carbocycles. The van der Waals surface area contributed by atoms with E-state index >= 15 is 0 Å². The number of fused-ring (bicyclic) bond motifs is 1. The van der Waals surface area contributed by atoms with Gasteiger partial charge in [-0.2, -0.15) is 5.10 Å². The molecule has 0 saturated carbocycles. The number of carboxylic acid groups (broad SMARTS) is 1. The predicted octanol–water partition coefficient (Wildman–Crippen LogP) is 1.59. The van der Waals surface area contributed by atoms with Crippen LogP contribution >= 0.6 is 0 Å². The average molecular weight is 233 g/mol. The topological polar surface area (TPSA) is 95.9 Å². The maximum atomic E-state index is 11.2. The van der Waals surface area contributed by atoms with Crippen molar-refractivity contribution < 1.29 is 14.7 Å². The molecule has 2 heterocycles. The Balaban J connectivity index is 2.85. The molecule has 0 amide bonds. The molecule has 0 spiro atoms. The average Bonchev–Trinajstić information content (AvgIpc) is 2.70. The minimum Gasteiger partial charge on any atom is -0.478 e. The van der Waals surface area contributed by atoms with Crippen molar-refractivity contribution in [2.24, 2.45) is 0 Å². The lowest BCUT2D eigenvalue weighted by molar-refractivity contribution is 0.0699. The van der Waals surface area contributed by atoms with Gasteiger partial charge in [0.15, 0.2) is 11.9 Å². The van der Waals surface area contributed by atoms with E-state index in [1.807, 2.05) is 13.8 Å². The van der Waals surface area contributed by atoms with Crippen LogP contribution in [0.25, 0.3) is 11.0 Å². The SMILES string of the molecule is CC(C)c1n[nH]c2nc(C=O)cc(C(=O)O)c12. The van der Waals surface area contributed by atoms with Gasteiger partial charge in [0.05, 0.1) is 16.6 Å². The largest absolute Gasteiger partial charge is 0.478 e. The molecule has 88 valence electrons. The fraction of sp³-hybridized carbons (Fsp3) is 0.273. The highest BCUT2D eigenvalue weighted by molar-refractivity contribution is 6.04. The molecule has 17 heavy (non-hydrogen) atoms. The lowest BCUT2D eigenvalue weighted by Crippen LogP contribution is -2.02. The number of aldehydes is 1. The maximum Gasteiger partial charge on any atom is 0.336 e. The van der Waals surface area contributed by atoms with E-state index in [9.17, 15) is 9.59 Å². The van der Waals surface area contributed by atoms with Crippen LogP contribution < -0.4 is 0 Å². The summed E-state index contributed by atoms with van der Waals surface area (Å²) in [6.07, 6.45) is 0.516. The van der Waals surface area contributed by atoms with Gasteiger partial charge in [-0.3, -0.25) is 9.89 Å². The first-order valence-electron chi connectivity index (χ1n) is 5.12. The molecule has 0 fully saturated rings. The van der Waals surface area contributed by atoms with E-state index in [1.54, 1.807) is 0 Å². The summed E-state index contributed by atoms with van der Waals surface area (Å²) in [5.74, 6) is -1.02. The first-order chi connectivity index (χ1) is 8.04. The smallest absolute Gasteiger partial charge is 0.336 e. The number of hydrogen-bond acceptors (Lipinski definition) is 4. The van der Waals surface area contributed by atoms with Crippen molar-refractivity contribution in [2.75, 3.05) is 0 Å². The minimum absolute atomic E-state index is 0.0505. The number of aromatic carboxylic acids is 1. The van der Waals surface area contributed by atoms with Crippen LogP contribution in [0.2, 0.25) is 0 Å². The summed E-state index contributed by atoms with van der Waals surface area (Å²) < 4.78 is 0. The Morgan fingerprint density at radius 1 is 1.53 bits per heavy atom. The van der Waals surface area contributed by atoms with E-state index in [-0.39, 0.29) is 17.2 Å². The fourth-order valence-corrected chi connectivity index (χ4v) is 1.72. The van der Waals surface area contributed by atoms with Crippen molar-refractivity contribution in [3.63, 3.8) is 0 Å². The van der Waals surface area contributed by atoms with Gasteiger partial charge in [0.1, 0.15) is 5.69 Å². The number of hydrogen-bond donors (Lipinski definition) is 2. The number of aromatic nitrogens is 3. The summed E-state index contributed by atoms with van der Waals surface area (Å²) in [6.45, 7) is 3.82. The van der Waals surface area contributed by atoms with Gasteiger partial charge in [0.2, 0.25) is 0 Å². The molecule has 2 aromatic heterocycles. The number of carbonyl (C=O) groups excluding carboxylic acids is 1. The Morgan fingerprint density at radius 2 is 2.24 bits per heavy atom. The quantitative estimate of drug-likeness (QED) is 0.785. The Kier molecular flexibility index (Phi) is 2.63. The summed E-state index contributed by atoms with van der Waals surface area (Å²) in [5.41, 5.74) is 1.10. The highest BCUT2D eigenvalue weighted by Gasteiger charge is 2.19. The van der Waals surface area contributed by atoms with Crippen molar-refractivity contribution in [1.29, 1.82) is 0 Å². The van der Waals surface area contributed by atoms with Crippen molar-refractivity contribution in [1.82, 2.24) is 15.2 Å². The zero-order valence-corrected chi connectivity index (χ0v) is 9.39. The van der Waals surface area contributed by atoms with Crippen LogP contribution in [0.15, 0.2) is 6.07 Å². The lowest BCUT2D eigenvalue weighted by atomic mass is 10.0. The van der Waals surface area contributed by atoms with Gasteiger partial charge in [-0.1, -0.05) is 13.8 Å². The number of pyridine rings is 1. The monoisotopic (exact) mass is 233 g/mol. The molecule has 0 saturated heterocycles. The maximum absolute atomic E-state index is 11.2. The second-order valence-corrected chi connectivity index (χ2v) is 4.00. The molecule has 0 aliphatic rings. The normalized spacial score (nSPS) is 11.0. The number of aromatic amines is 1. The molecule has 2 rings (SSSR count). The predicted molar refractivity (Wildman–Crippen MR) is 60.3 cm³/mol. The van der Waals surface area contributed by atoms with Gasteiger partial charge < -0.3 is 5.11 Å². The first kappa shape index (κ1) is 11.3. The van der Waals surface area contributed by atoms with Gasteiger partial charge in [-0.25, -0.2) is 9.78 Å². The molecule has 6 nitrogen and oxygen atoms in total. The molecule has 0 bridgehead atoms. The van der Waals surface area contributed by atoms with E-state index in [1.165, 1.54) is 6.07 Å².